The molecule has 79 heavy (non-hydrogen) atoms. The number of ether oxygens (including phenoxy) is 2. The third-order valence-corrected chi connectivity index (χ3v) is 14.9. The third kappa shape index (κ3) is 12.3. The summed E-state index contributed by atoms with van der Waals surface area (Å²) in [4.78, 5) is 136. The molecule has 4 aromatic rings. The Kier molecular flexibility index (Phi) is 17.5. The van der Waals surface area contributed by atoms with Gasteiger partial charge >= 0.3 is 5.97 Å². The minimum atomic E-state index is -2.06. The first-order valence-electron chi connectivity index (χ1n) is 26.4. The summed E-state index contributed by atoms with van der Waals surface area (Å²) in [6, 6.07) is 7.69. The molecule has 5 atom stereocenters. The normalized spacial score (nSPS) is 18.0. The molecule has 2 aromatic carbocycles. The van der Waals surface area contributed by atoms with Crippen molar-refractivity contribution in [2.75, 3.05) is 26.4 Å². The molecule has 0 bridgehead atoms. The highest BCUT2D eigenvalue weighted by Gasteiger charge is 2.46. The van der Waals surface area contributed by atoms with E-state index >= 15 is 4.39 Å². The minimum absolute atomic E-state index is 0.0240. The van der Waals surface area contributed by atoms with Crippen molar-refractivity contribution < 1.29 is 62.1 Å². The number of esters is 1. The summed E-state index contributed by atoms with van der Waals surface area (Å²) < 4.78 is 27.6. The fourth-order valence-electron chi connectivity index (χ4n) is 10.5. The number of aromatic nitrogens is 2. The molecule has 0 fully saturated rings. The van der Waals surface area contributed by atoms with Crippen LogP contribution in [0.5, 0.6) is 0 Å². The van der Waals surface area contributed by atoms with E-state index in [-0.39, 0.29) is 67.8 Å². The molecule has 0 saturated carbocycles. The van der Waals surface area contributed by atoms with Crippen LogP contribution in [-0.4, -0.2) is 117 Å². The van der Waals surface area contributed by atoms with Gasteiger partial charge in [-0.3, -0.25) is 48.1 Å². The van der Waals surface area contributed by atoms with Crippen molar-refractivity contribution in [1.29, 1.82) is 0 Å². The number of fused-ring (bicyclic) bond motifs is 5. The van der Waals surface area contributed by atoms with Gasteiger partial charge < -0.3 is 51.0 Å². The van der Waals surface area contributed by atoms with Gasteiger partial charge in [0.05, 0.1) is 41.6 Å². The average molecular weight is 1090 g/mol. The number of hydrogen-bond acceptors (Lipinski definition) is 14. The Hall–Kier alpha value is -8.18. The Morgan fingerprint density at radius 1 is 0.873 bits per heavy atom. The van der Waals surface area contributed by atoms with E-state index < -0.39 is 102 Å². The fourth-order valence-corrected chi connectivity index (χ4v) is 10.5. The molecule has 1 aliphatic carbocycles. The molecule has 22 nitrogen and oxygen atoms in total. The number of pyridine rings is 2. The zero-order valence-corrected chi connectivity index (χ0v) is 44.5. The summed E-state index contributed by atoms with van der Waals surface area (Å²) in [6.07, 6.45) is 4.77. The van der Waals surface area contributed by atoms with Crippen LogP contribution in [0.3, 0.4) is 0 Å². The first-order valence-corrected chi connectivity index (χ1v) is 26.4. The molecule has 7 N–H and O–H groups in total. The molecule has 0 radical (unpaired) electrons. The molecule has 0 unspecified atom stereocenters. The number of imide groups is 1. The summed E-state index contributed by atoms with van der Waals surface area (Å²) in [7, 11) is 0. The molecule has 0 spiro atoms. The number of hydrogen-bond donors (Lipinski definition) is 7. The van der Waals surface area contributed by atoms with Crippen LogP contribution >= 0.6 is 0 Å². The third-order valence-electron chi connectivity index (χ3n) is 14.9. The van der Waals surface area contributed by atoms with Gasteiger partial charge in [-0.05, 0) is 80.2 Å². The van der Waals surface area contributed by atoms with E-state index in [1.54, 1.807) is 64.1 Å². The van der Waals surface area contributed by atoms with Crippen molar-refractivity contribution >= 4 is 64.1 Å². The quantitative estimate of drug-likeness (QED) is 0.0212. The van der Waals surface area contributed by atoms with Crippen LogP contribution < -0.4 is 37.5 Å². The van der Waals surface area contributed by atoms with E-state index in [9.17, 15) is 53.1 Å². The number of rotatable bonds is 23. The van der Waals surface area contributed by atoms with Crippen LogP contribution in [0.2, 0.25) is 0 Å². The number of cyclic esters (lactones) is 1. The molecule has 8 amide bonds. The Balaban J connectivity index is 0.831. The largest absolute Gasteiger partial charge is 0.458 e. The number of benzene rings is 2. The van der Waals surface area contributed by atoms with E-state index in [0.717, 1.165) is 10.5 Å². The molecule has 2 aromatic heterocycles. The Morgan fingerprint density at radius 3 is 2.32 bits per heavy atom. The molecular formula is C56H64FN9O13. The SMILES string of the molecule is CC[C@@]1(O)C(=O)OCc2c1cc1n(c2=O)Cc2c-1nc1cc(F)c(C)c3c1c2[C@@H](NC(=O)COCNC(=O)CNC(=O)[C@H](Cc1ccccc1)NC(=O)[C@H](C)NC(=O)[C@@H](NC(=O)CCCCCN1C(=O)C=CC1=O)C(C)C)CC3. The Bertz CT molecular complexity index is 3220. The van der Waals surface area contributed by atoms with E-state index in [1.807, 2.05) is 0 Å². The van der Waals surface area contributed by atoms with Gasteiger partial charge in [-0.25, -0.2) is 14.2 Å². The lowest BCUT2D eigenvalue weighted by Crippen LogP contribution is -2.57. The topological polar surface area (TPSA) is 303 Å². The van der Waals surface area contributed by atoms with Crippen molar-refractivity contribution in [2.45, 2.75) is 129 Å². The molecular weight excluding hydrogens is 1030 g/mol. The molecule has 3 aliphatic heterocycles. The van der Waals surface area contributed by atoms with Gasteiger partial charge in [0.25, 0.3) is 17.4 Å². The zero-order chi connectivity index (χ0) is 56.9. The smallest absolute Gasteiger partial charge is 0.343 e. The van der Waals surface area contributed by atoms with Crippen molar-refractivity contribution in [1.82, 2.24) is 46.4 Å². The van der Waals surface area contributed by atoms with Gasteiger partial charge in [-0.1, -0.05) is 57.5 Å². The van der Waals surface area contributed by atoms with E-state index in [0.29, 0.717) is 76.6 Å². The molecule has 4 aliphatic rings. The fraction of sp³-hybridized carbons (Fsp3) is 0.446. The number of carbonyl (C=O) groups excluding carboxylic acids is 9. The van der Waals surface area contributed by atoms with Gasteiger partial charge in [0, 0.05) is 54.1 Å². The number of unbranched alkanes of at least 4 members (excludes halogenated alkanes) is 2. The second-order valence-electron chi connectivity index (χ2n) is 20.5. The van der Waals surface area contributed by atoms with Gasteiger partial charge in [0.2, 0.25) is 35.4 Å². The van der Waals surface area contributed by atoms with E-state index in [1.165, 1.54) is 29.7 Å². The van der Waals surface area contributed by atoms with Crippen molar-refractivity contribution in [3.05, 3.63) is 110 Å². The summed E-state index contributed by atoms with van der Waals surface area (Å²) in [5, 5.41) is 28.0. The molecule has 5 heterocycles. The van der Waals surface area contributed by atoms with E-state index in [2.05, 4.69) is 31.9 Å². The first-order chi connectivity index (χ1) is 37.7. The maximum atomic E-state index is 15.4. The summed E-state index contributed by atoms with van der Waals surface area (Å²) in [6.45, 7) is 6.67. The number of nitrogens with one attached hydrogen (secondary N) is 6. The molecule has 418 valence electrons. The van der Waals surface area contributed by atoms with Crippen molar-refractivity contribution in [3.8, 4) is 11.4 Å². The standard InChI is InChI=1S/C56H64FN9O13/c1-6-56(77)36-22-41-50-34(25-66(41)54(75)35(36)26-79-55(56)76)48-38(17-16-33-30(4)37(57)23-39(62-50)47(33)48)61-44(69)27-78-28-59-43(68)24-58-52(73)40(21-32-13-9-7-10-14-32)63-51(72)31(5)60-53(74)49(29(2)3)64-42(67)15-11-8-12-20-65-45(70)18-19-46(65)71/h7,9-10,13-14,18-19,22-23,29,31,38,40,49,77H,6,8,11-12,15-17,20-21,24-28H2,1-5H3,(H,58,73)(H,59,68)(H,60,74)(H,61,69)(H,63,72)(H,64,67)/t31-,38-,40-,49-,56-/m0/s1. The number of amides is 8. The number of aryl methyl sites for hydroxylation is 1. The number of carbonyl (C=O) groups is 9. The number of halogens is 1. The maximum absolute atomic E-state index is 15.4. The lowest BCUT2D eigenvalue weighted by Gasteiger charge is -2.31. The highest BCUT2D eigenvalue weighted by Crippen LogP contribution is 2.46. The lowest BCUT2D eigenvalue weighted by atomic mass is 9.81. The second-order valence-corrected chi connectivity index (χ2v) is 20.5. The summed E-state index contributed by atoms with van der Waals surface area (Å²) in [5.74, 6) is -6.11. The molecule has 8 rings (SSSR count). The highest BCUT2D eigenvalue weighted by atomic mass is 19.1. The number of nitrogens with zero attached hydrogens (tertiary/aromatic N) is 3. The van der Waals surface area contributed by atoms with Crippen LogP contribution in [0, 0.1) is 18.7 Å². The van der Waals surface area contributed by atoms with Gasteiger partial charge in [-0.2, -0.15) is 0 Å². The van der Waals surface area contributed by atoms with Crippen molar-refractivity contribution in [3.63, 3.8) is 0 Å². The predicted molar refractivity (Wildman–Crippen MR) is 281 cm³/mol. The monoisotopic (exact) mass is 1090 g/mol. The van der Waals surface area contributed by atoms with Crippen LogP contribution in [0.1, 0.15) is 111 Å². The van der Waals surface area contributed by atoms with Crippen molar-refractivity contribution in [2.24, 2.45) is 5.92 Å². The lowest BCUT2D eigenvalue weighted by molar-refractivity contribution is -0.172. The highest BCUT2D eigenvalue weighted by molar-refractivity contribution is 6.12. The van der Waals surface area contributed by atoms with Crippen LogP contribution in [0.25, 0.3) is 22.3 Å². The Morgan fingerprint density at radius 2 is 1.61 bits per heavy atom. The average Bonchev–Trinajstić information content (AvgIpc) is 4.21. The first kappa shape index (κ1) is 57.0. The van der Waals surface area contributed by atoms with Crippen LogP contribution in [0.15, 0.2) is 59.4 Å². The van der Waals surface area contributed by atoms with Crippen LogP contribution in [0.4, 0.5) is 4.39 Å². The second kappa shape index (κ2) is 24.2. The summed E-state index contributed by atoms with van der Waals surface area (Å²) >= 11 is 0. The predicted octanol–water partition coefficient (Wildman–Crippen LogP) is 1.70. The van der Waals surface area contributed by atoms with E-state index in [4.69, 9.17) is 14.5 Å². The Labute approximate surface area is 453 Å². The molecule has 23 heteroatoms. The summed E-state index contributed by atoms with van der Waals surface area (Å²) in [5.41, 5.74) is 1.82. The van der Waals surface area contributed by atoms with Gasteiger partial charge in [-0.15, -0.1) is 0 Å². The zero-order valence-electron chi connectivity index (χ0n) is 44.5. The number of aliphatic hydroxyl groups is 1. The van der Waals surface area contributed by atoms with Crippen LogP contribution in [-0.2, 0) is 84.2 Å². The molecule has 0 saturated heterocycles. The van der Waals surface area contributed by atoms with Gasteiger partial charge in [0.15, 0.2) is 5.60 Å². The minimum Gasteiger partial charge on any atom is -0.458 e. The van der Waals surface area contributed by atoms with Gasteiger partial charge in [0.1, 0.15) is 43.9 Å². The maximum Gasteiger partial charge on any atom is 0.343 e.